The van der Waals surface area contributed by atoms with E-state index in [-0.39, 0.29) is 12.1 Å². The number of ether oxygens (including phenoxy) is 1. The molecule has 1 amide bonds. The first-order valence-electron chi connectivity index (χ1n) is 4.00. The van der Waals surface area contributed by atoms with E-state index >= 15 is 0 Å². The highest BCUT2D eigenvalue weighted by Gasteiger charge is 2.33. The van der Waals surface area contributed by atoms with Crippen LogP contribution in [0.15, 0.2) is 0 Å². The van der Waals surface area contributed by atoms with E-state index in [1.165, 1.54) is 4.90 Å². The molecule has 5 nitrogen and oxygen atoms in total. The topological polar surface area (TPSA) is 75.8 Å². The highest BCUT2D eigenvalue weighted by atomic mass is 16.5. The van der Waals surface area contributed by atoms with E-state index in [1.54, 1.807) is 0 Å². The number of carboxylic acid groups (broad SMARTS) is 1. The summed E-state index contributed by atoms with van der Waals surface area (Å²) >= 11 is 0. The van der Waals surface area contributed by atoms with Crippen molar-refractivity contribution in [3.63, 3.8) is 0 Å². The SMILES string of the molecule is CCO[C@H]1CN(C(=O)O)C[C@@H]1N. The quantitative estimate of drug-likeness (QED) is 0.603. The summed E-state index contributed by atoms with van der Waals surface area (Å²) in [6.45, 7) is 3.21. The molecule has 1 aliphatic heterocycles. The maximum Gasteiger partial charge on any atom is 0.407 e. The lowest BCUT2D eigenvalue weighted by Crippen LogP contribution is -2.35. The molecule has 1 heterocycles. The first-order valence-corrected chi connectivity index (χ1v) is 4.00. The molecule has 0 spiro atoms. The van der Waals surface area contributed by atoms with Crippen molar-refractivity contribution in [1.29, 1.82) is 0 Å². The molecule has 12 heavy (non-hydrogen) atoms. The summed E-state index contributed by atoms with van der Waals surface area (Å²) in [6.07, 6.45) is -1.06. The Balaban J connectivity index is 2.44. The van der Waals surface area contributed by atoms with Crippen molar-refractivity contribution in [3.8, 4) is 0 Å². The number of nitrogens with zero attached hydrogens (tertiary/aromatic N) is 1. The van der Waals surface area contributed by atoms with Crippen LogP contribution in [0.1, 0.15) is 6.92 Å². The van der Waals surface area contributed by atoms with Crippen molar-refractivity contribution >= 4 is 6.09 Å². The molecule has 1 saturated heterocycles. The zero-order valence-corrected chi connectivity index (χ0v) is 7.06. The number of amides is 1. The van der Waals surface area contributed by atoms with Crippen molar-refractivity contribution in [2.24, 2.45) is 5.73 Å². The number of hydrogen-bond acceptors (Lipinski definition) is 3. The minimum absolute atomic E-state index is 0.133. The van der Waals surface area contributed by atoms with Crippen LogP contribution in [0.25, 0.3) is 0 Å². The van der Waals surface area contributed by atoms with Crippen LogP contribution in [-0.2, 0) is 4.74 Å². The Kier molecular flexibility index (Phi) is 2.88. The molecule has 1 aliphatic rings. The van der Waals surface area contributed by atoms with E-state index in [1.807, 2.05) is 6.92 Å². The predicted octanol–water partition coefficient (Wildman–Crippen LogP) is -0.288. The van der Waals surface area contributed by atoms with Crippen LogP contribution in [0.3, 0.4) is 0 Å². The standard InChI is InChI=1S/C7H14N2O3/c1-2-12-6-4-9(7(10)11)3-5(6)8/h5-6H,2-4,8H2,1H3,(H,10,11)/t5-,6-/m0/s1. The maximum absolute atomic E-state index is 10.5. The second kappa shape index (κ2) is 3.73. The molecule has 3 N–H and O–H groups in total. The van der Waals surface area contributed by atoms with Gasteiger partial charge in [-0.3, -0.25) is 0 Å². The lowest BCUT2D eigenvalue weighted by Gasteiger charge is -2.12. The molecule has 5 heteroatoms. The number of hydrogen-bond donors (Lipinski definition) is 2. The van der Waals surface area contributed by atoms with Gasteiger partial charge in [-0.05, 0) is 6.92 Å². The van der Waals surface area contributed by atoms with Gasteiger partial charge in [0.15, 0.2) is 0 Å². The van der Waals surface area contributed by atoms with Crippen LogP contribution < -0.4 is 5.73 Å². The molecular formula is C7H14N2O3. The number of likely N-dealkylation sites (tertiary alicyclic amines) is 1. The number of nitrogens with two attached hydrogens (primary N) is 1. The van der Waals surface area contributed by atoms with Crippen molar-refractivity contribution in [2.45, 2.75) is 19.1 Å². The third-order valence-corrected chi connectivity index (χ3v) is 1.96. The fourth-order valence-electron chi connectivity index (χ4n) is 1.35. The summed E-state index contributed by atoms with van der Waals surface area (Å²) in [5, 5.41) is 8.63. The van der Waals surface area contributed by atoms with E-state index in [2.05, 4.69) is 0 Å². The van der Waals surface area contributed by atoms with Gasteiger partial charge in [-0.15, -0.1) is 0 Å². The van der Waals surface area contributed by atoms with Crippen molar-refractivity contribution in [1.82, 2.24) is 4.90 Å². The zero-order chi connectivity index (χ0) is 9.14. The summed E-state index contributed by atoms with van der Waals surface area (Å²) in [6, 6.07) is -0.180. The van der Waals surface area contributed by atoms with Crippen molar-refractivity contribution in [3.05, 3.63) is 0 Å². The van der Waals surface area contributed by atoms with Crippen LogP contribution in [0.2, 0.25) is 0 Å². The lowest BCUT2D eigenvalue weighted by atomic mass is 10.2. The van der Waals surface area contributed by atoms with E-state index in [0.29, 0.717) is 19.7 Å². The van der Waals surface area contributed by atoms with Gasteiger partial charge in [-0.25, -0.2) is 4.79 Å². The van der Waals surface area contributed by atoms with Gasteiger partial charge in [0, 0.05) is 13.2 Å². The molecule has 0 bridgehead atoms. The van der Waals surface area contributed by atoms with Gasteiger partial charge in [0.2, 0.25) is 0 Å². The Morgan fingerprint density at radius 1 is 1.75 bits per heavy atom. The molecule has 0 unspecified atom stereocenters. The summed E-state index contributed by atoms with van der Waals surface area (Å²) in [7, 11) is 0. The summed E-state index contributed by atoms with van der Waals surface area (Å²) in [5.74, 6) is 0. The molecular weight excluding hydrogens is 160 g/mol. The minimum Gasteiger partial charge on any atom is -0.465 e. The highest BCUT2D eigenvalue weighted by molar-refractivity contribution is 5.65. The van der Waals surface area contributed by atoms with Gasteiger partial charge in [-0.1, -0.05) is 0 Å². The monoisotopic (exact) mass is 174 g/mol. The van der Waals surface area contributed by atoms with Gasteiger partial charge in [0.1, 0.15) is 0 Å². The Bertz CT molecular complexity index is 174. The minimum atomic E-state index is -0.923. The average molecular weight is 174 g/mol. The van der Waals surface area contributed by atoms with Crippen LogP contribution in [-0.4, -0.2) is 47.9 Å². The molecule has 0 aliphatic carbocycles. The van der Waals surface area contributed by atoms with Crippen molar-refractivity contribution in [2.75, 3.05) is 19.7 Å². The maximum atomic E-state index is 10.5. The second-order valence-corrected chi connectivity index (χ2v) is 2.85. The predicted molar refractivity (Wildman–Crippen MR) is 43.0 cm³/mol. The van der Waals surface area contributed by atoms with Gasteiger partial charge in [0.25, 0.3) is 0 Å². The van der Waals surface area contributed by atoms with Gasteiger partial charge >= 0.3 is 6.09 Å². The van der Waals surface area contributed by atoms with Crippen LogP contribution in [0.5, 0.6) is 0 Å². The smallest absolute Gasteiger partial charge is 0.407 e. The van der Waals surface area contributed by atoms with Gasteiger partial charge in [-0.2, -0.15) is 0 Å². The molecule has 70 valence electrons. The summed E-state index contributed by atoms with van der Waals surface area (Å²) in [5.41, 5.74) is 5.66. The lowest BCUT2D eigenvalue weighted by molar-refractivity contribution is 0.0599. The fraction of sp³-hybridized carbons (Fsp3) is 0.857. The summed E-state index contributed by atoms with van der Waals surface area (Å²) in [4.78, 5) is 11.8. The first kappa shape index (κ1) is 9.28. The molecule has 2 atom stereocenters. The highest BCUT2D eigenvalue weighted by Crippen LogP contribution is 2.11. The van der Waals surface area contributed by atoms with E-state index < -0.39 is 6.09 Å². The Morgan fingerprint density at radius 2 is 2.42 bits per heavy atom. The number of rotatable bonds is 2. The van der Waals surface area contributed by atoms with E-state index in [9.17, 15) is 4.79 Å². The summed E-state index contributed by atoms with van der Waals surface area (Å²) < 4.78 is 5.27. The molecule has 0 aromatic heterocycles. The molecule has 0 radical (unpaired) electrons. The Morgan fingerprint density at radius 3 is 2.83 bits per heavy atom. The third-order valence-electron chi connectivity index (χ3n) is 1.96. The molecule has 0 saturated carbocycles. The molecule has 0 aromatic carbocycles. The Hall–Kier alpha value is -0.810. The molecule has 0 aromatic rings. The van der Waals surface area contributed by atoms with Crippen LogP contribution in [0, 0.1) is 0 Å². The molecule has 1 fully saturated rings. The second-order valence-electron chi connectivity index (χ2n) is 2.85. The average Bonchev–Trinajstić information content (AvgIpc) is 2.34. The fourth-order valence-corrected chi connectivity index (χ4v) is 1.35. The van der Waals surface area contributed by atoms with Crippen molar-refractivity contribution < 1.29 is 14.6 Å². The van der Waals surface area contributed by atoms with E-state index in [4.69, 9.17) is 15.6 Å². The zero-order valence-electron chi connectivity index (χ0n) is 7.06. The largest absolute Gasteiger partial charge is 0.465 e. The number of carbonyl (C=O) groups is 1. The third kappa shape index (κ3) is 1.86. The Labute approximate surface area is 71.1 Å². The van der Waals surface area contributed by atoms with E-state index in [0.717, 1.165) is 0 Å². The van der Waals surface area contributed by atoms with Crippen LogP contribution >= 0.6 is 0 Å². The van der Waals surface area contributed by atoms with Gasteiger partial charge < -0.3 is 20.5 Å². The van der Waals surface area contributed by atoms with Crippen LogP contribution in [0.4, 0.5) is 4.79 Å². The van der Waals surface area contributed by atoms with Gasteiger partial charge in [0.05, 0.1) is 18.7 Å². The molecule has 1 rings (SSSR count). The first-order chi connectivity index (χ1) is 5.65. The normalized spacial score (nSPS) is 29.3.